The Hall–Kier alpha value is -0.0900. The van der Waals surface area contributed by atoms with Crippen molar-refractivity contribution in [3.63, 3.8) is 0 Å². The zero-order chi connectivity index (χ0) is 6.69. The van der Waals surface area contributed by atoms with Crippen molar-refractivity contribution in [2.75, 3.05) is 5.33 Å². The number of amides is 1. The Balaban J connectivity index is 2.26. The van der Waals surface area contributed by atoms with E-state index < -0.39 is 0 Å². The van der Waals surface area contributed by atoms with Crippen molar-refractivity contribution in [3.8, 4) is 0 Å². The van der Waals surface area contributed by atoms with E-state index in [9.17, 15) is 4.79 Å². The van der Waals surface area contributed by atoms with Gasteiger partial charge in [-0.05, 0) is 6.42 Å². The molecule has 0 radical (unpaired) electrons. The summed E-state index contributed by atoms with van der Waals surface area (Å²) in [5.74, 6) is 0.0900. The first-order chi connectivity index (χ1) is 4.33. The van der Waals surface area contributed by atoms with Crippen LogP contribution in [-0.2, 0) is 4.79 Å². The fraction of sp³-hybridized carbons (Fsp3) is 0.800. The van der Waals surface area contributed by atoms with Crippen LogP contribution in [0.3, 0.4) is 0 Å². The predicted octanol–water partition coefficient (Wildman–Crippen LogP) is 0.164. The maximum atomic E-state index is 10.5. The van der Waals surface area contributed by atoms with E-state index in [4.69, 9.17) is 0 Å². The predicted molar refractivity (Wildman–Crippen MR) is 38.1 cm³/mol. The molecular formula is C5H9BrN2O. The number of alkyl halides is 1. The van der Waals surface area contributed by atoms with Gasteiger partial charge in [0.05, 0.1) is 0 Å². The highest BCUT2D eigenvalue weighted by atomic mass is 79.9. The quantitative estimate of drug-likeness (QED) is 0.582. The molecule has 9 heavy (non-hydrogen) atoms. The highest BCUT2D eigenvalue weighted by molar-refractivity contribution is 9.09. The summed E-state index contributed by atoms with van der Waals surface area (Å²) in [6, 6.07) is 0.405. The van der Waals surface area contributed by atoms with Crippen LogP contribution in [0.1, 0.15) is 12.8 Å². The van der Waals surface area contributed by atoms with Crippen LogP contribution in [-0.4, -0.2) is 17.3 Å². The Morgan fingerprint density at radius 3 is 3.00 bits per heavy atom. The van der Waals surface area contributed by atoms with Crippen molar-refractivity contribution in [2.45, 2.75) is 18.9 Å². The summed E-state index contributed by atoms with van der Waals surface area (Å²) < 4.78 is 0. The Morgan fingerprint density at radius 1 is 1.78 bits per heavy atom. The van der Waals surface area contributed by atoms with Gasteiger partial charge in [0, 0.05) is 17.8 Å². The second-order valence-corrected chi connectivity index (χ2v) is 2.73. The van der Waals surface area contributed by atoms with Crippen molar-refractivity contribution in [2.24, 2.45) is 0 Å². The maximum Gasteiger partial charge on any atom is 0.234 e. The Morgan fingerprint density at radius 2 is 2.56 bits per heavy atom. The second-order valence-electron chi connectivity index (χ2n) is 2.08. The third-order valence-electron chi connectivity index (χ3n) is 1.32. The molecule has 3 nitrogen and oxygen atoms in total. The van der Waals surface area contributed by atoms with E-state index in [1.165, 1.54) is 0 Å². The van der Waals surface area contributed by atoms with Gasteiger partial charge in [-0.3, -0.25) is 10.2 Å². The number of hydrazine groups is 1. The lowest BCUT2D eigenvalue weighted by atomic mass is 10.1. The van der Waals surface area contributed by atoms with Crippen LogP contribution < -0.4 is 10.9 Å². The monoisotopic (exact) mass is 192 g/mol. The van der Waals surface area contributed by atoms with E-state index in [1.807, 2.05) is 0 Å². The smallest absolute Gasteiger partial charge is 0.234 e. The molecule has 1 amide bonds. The van der Waals surface area contributed by atoms with Crippen LogP contribution in [0.4, 0.5) is 0 Å². The van der Waals surface area contributed by atoms with Gasteiger partial charge in [0.1, 0.15) is 0 Å². The number of hydrogen-bond acceptors (Lipinski definition) is 2. The summed E-state index contributed by atoms with van der Waals surface area (Å²) in [4.78, 5) is 10.5. The molecule has 1 fully saturated rings. The molecule has 1 atom stereocenters. The van der Waals surface area contributed by atoms with E-state index in [1.54, 1.807) is 0 Å². The topological polar surface area (TPSA) is 41.1 Å². The van der Waals surface area contributed by atoms with Crippen LogP contribution in [0.25, 0.3) is 0 Å². The van der Waals surface area contributed by atoms with Gasteiger partial charge in [-0.2, -0.15) is 0 Å². The number of carbonyl (C=O) groups is 1. The fourth-order valence-corrected chi connectivity index (χ4v) is 1.22. The molecule has 1 heterocycles. The largest absolute Gasteiger partial charge is 0.291 e. The van der Waals surface area contributed by atoms with Crippen LogP contribution in [0, 0.1) is 0 Å². The Bertz CT molecular complexity index is 108. The average molecular weight is 193 g/mol. The van der Waals surface area contributed by atoms with Crippen molar-refractivity contribution in [1.29, 1.82) is 0 Å². The van der Waals surface area contributed by atoms with Gasteiger partial charge in [-0.15, -0.1) is 0 Å². The van der Waals surface area contributed by atoms with E-state index in [0.717, 1.165) is 11.8 Å². The molecule has 0 aromatic heterocycles. The molecular weight excluding hydrogens is 184 g/mol. The molecule has 1 aliphatic rings. The summed E-state index contributed by atoms with van der Waals surface area (Å²) in [6.45, 7) is 0. The van der Waals surface area contributed by atoms with Crippen molar-refractivity contribution in [1.82, 2.24) is 10.9 Å². The zero-order valence-corrected chi connectivity index (χ0v) is 6.57. The molecule has 1 saturated heterocycles. The summed E-state index contributed by atoms with van der Waals surface area (Å²) >= 11 is 3.32. The molecule has 1 rings (SSSR count). The van der Waals surface area contributed by atoms with Crippen molar-refractivity contribution < 1.29 is 4.79 Å². The SMILES string of the molecule is O=C1CCC(CBr)NN1. The third kappa shape index (κ3) is 1.95. The van der Waals surface area contributed by atoms with Gasteiger partial charge in [-0.1, -0.05) is 15.9 Å². The highest BCUT2D eigenvalue weighted by Gasteiger charge is 2.14. The molecule has 0 aliphatic carbocycles. The number of rotatable bonds is 1. The van der Waals surface area contributed by atoms with Crippen LogP contribution in [0.15, 0.2) is 0 Å². The standard InChI is InChI=1S/C5H9BrN2O/c6-3-4-1-2-5(9)8-7-4/h4,7H,1-3H2,(H,8,9). The summed E-state index contributed by atoms with van der Waals surface area (Å²) in [5, 5.41) is 0.896. The summed E-state index contributed by atoms with van der Waals surface area (Å²) in [5.41, 5.74) is 5.44. The lowest BCUT2D eigenvalue weighted by molar-refractivity contribution is -0.124. The number of carbonyl (C=O) groups excluding carboxylic acids is 1. The van der Waals surface area contributed by atoms with Crippen LogP contribution in [0.5, 0.6) is 0 Å². The molecule has 1 aliphatic heterocycles. The fourth-order valence-electron chi connectivity index (χ4n) is 0.738. The normalized spacial score (nSPS) is 27.7. The zero-order valence-electron chi connectivity index (χ0n) is 4.98. The molecule has 52 valence electrons. The van der Waals surface area contributed by atoms with Crippen molar-refractivity contribution >= 4 is 21.8 Å². The first-order valence-electron chi connectivity index (χ1n) is 2.93. The maximum absolute atomic E-state index is 10.5. The number of halogens is 1. The first-order valence-corrected chi connectivity index (χ1v) is 4.05. The molecule has 0 aromatic rings. The molecule has 2 N–H and O–H groups in total. The molecule has 0 spiro atoms. The van der Waals surface area contributed by atoms with E-state index >= 15 is 0 Å². The first kappa shape index (κ1) is 7.02. The van der Waals surface area contributed by atoms with Crippen LogP contribution >= 0.6 is 15.9 Å². The summed E-state index contributed by atoms with van der Waals surface area (Å²) in [7, 11) is 0. The molecule has 4 heteroatoms. The lowest BCUT2D eigenvalue weighted by Gasteiger charge is -2.21. The molecule has 0 bridgehead atoms. The van der Waals surface area contributed by atoms with Gasteiger partial charge in [0.25, 0.3) is 0 Å². The Kier molecular flexibility index (Phi) is 2.48. The van der Waals surface area contributed by atoms with Gasteiger partial charge < -0.3 is 0 Å². The minimum absolute atomic E-state index is 0.0900. The molecule has 0 aromatic carbocycles. The number of nitrogens with one attached hydrogen (secondary N) is 2. The second kappa shape index (κ2) is 3.17. The molecule has 1 unspecified atom stereocenters. The minimum Gasteiger partial charge on any atom is -0.291 e. The van der Waals surface area contributed by atoms with Crippen LogP contribution in [0.2, 0.25) is 0 Å². The third-order valence-corrected chi connectivity index (χ3v) is 2.10. The Labute approximate surface area is 62.3 Å². The highest BCUT2D eigenvalue weighted by Crippen LogP contribution is 2.03. The van der Waals surface area contributed by atoms with E-state index in [0.29, 0.717) is 12.5 Å². The van der Waals surface area contributed by atoms with Gasteiger partial charge in [0.2, 0.25) is 5.91 Å². The van der Waals surface area contributed by atoms with Gasteiger partial charge in [0.15, 0.2) is 0 Å². The minimum atomic E-state index is 0.0900. The molecule has 0 saturated carbocycles. The van der Waals surface area contributed by atoms with Gasteiger partial charge >= 0.3 is 0 Å². The number of hydrogen-bond donors (Lipinski definition) is 2. The summed E-state index contributed by atoms with van der Waals surface area (Å²) in [6.07, 6.45) is 1.57. The van der Waals surface area contributed by atoms with E-state index in [-0.39, 0.29) is 5.91 Å². The average Bonchev–Trinajstić information content (AvgIpc) is 1.90. The van der Waals surface area contributed by atoms with E-state index in [2.05, 4.69) is 26.8 Å². The van der Waals surface area contributed by atoms with Crippen molar-refractivity contribution in [3.05, 3.63) is 0 Å². The lowest BCUT2D eigenvalue weighted by Crippen LogP contribution is -2.49. The van der Waals surface area contributed by atoms with Gasteiger partial charge in [-0.25, -0.2) is 5.43 Å².